The number of benzene rings is 4. The summed E-state index contributed by atoms with van der Waals surface area (Å²) in [6, 6.07) is 30.7. The number of aliphatic hydroxyl groups is 1. The van der Waals surface area contributed by atoms with Crippen molar-refractivity contribution in [3.05, 3.63) is 108 Å². The lowest BCUT2D eigenvalue weighted by molar-refractivity contribution is -0.129. The molecule has 4 heteroatoms. The van der Waals surface area contributed by atoms with Crippen LogP contribution < -0.4 is 9.64 Å². The Hall–Kier alpha value is -3.63. The zero-order chi connectivity index (χ0) is 21.4. The monoisotopic (exact) mass is 409 g/mol. The molecular weight excluding hydrogens is 386 g/mol. The van der Waals surface area contributed by atoms with Crippen molar-refractivity contribution < 1.29 is 14.6 Å². The van der Waals surface area contributed by atoms with Crippen LogP contribution >= 0.6 is 0 Å². The molecule has 0 radical (unpaired) electrons. The van der Waals surface area contributed by atoms with Crippen LogP contribution in [0.15, 0.2) is 97.1 Å². The molecule has 1 amide bonds. The predicted molar refractivity (Wildman–Crippen MR) is 122 cm³/mol. The maximum Gasteiger partial charge on any atom is 0.237 e. The van der Waals surface area contributed by atoms with E-state index in [4.69, 9.17) is 4.74 Å². The van der Waals surface area contributed by atoms with Gasteiger partial charge in [-0.3, -0.25) is 4.79 Å². The third kappa shape index (κ3) is 3.35. The van der Waals surface area contributed by atoms with Crippen LogP contribution in [0.25, 0.3) is 10.8 Å². The fourth-order valence-electron chi connectivity index (χ4n) is 4.46. The highest BCUT2D eigenvalue weighted by Crippen LogP contribution is 2.45. The standard InChI is InChI=1S/C27H23NO3/c1-31-23-15-13-19(14-16-23)24-25(28(27(24)30)22-9-3-2-4-10-22)26(29)21-12-11-18-7-5-6-8-20(18)17-21/h2-17,24-26,29H,1H3/t24-,25+,26+/m1/s1. The van der Waals surface area contributed by atoms with Gasteiger partial charge in [-0.05, 0) is 52.2 Å². The van der Waals surface area contributed by atoms with Gasteiger partial charge in [0.05, 0.1) is 19.1 Å². The fourth-order valence-corrected chi connectivity index (χ4v) is 4.46. The number of carbonyl (C=O) groups excluding carboxylic acids is 1. The van der Waals surface area contributed by atoms with Gasteiger partial charge in [0.2, 0.25) is 5.91 Å². The van der Waals surface area contributed by atoms with E-state index in [1.807, 2.05) is 91.0 Å². The molecular formula is C27H23NO3. The van der Waals surface area contributed by atoms with Gasteiger partial charge in [0, 0.05) is 5.69 Å². The van der Waals surface area contributed by atoms with Gasteiger partial charge < -0.3 is 14.7 Å². The average Bonchev–Trinajstić information content (AvgIpc) is 2.83. The van der Waals surface area contributed by atoms with Crippen molar-refractivity contribution in [2.45, 2.75) is 18.1 Å². The van der Waals surface area contributed by atoms with Gasteiger partial charge in [-0.2, -0.15) is 0 Å². The molecule has 0 saturated carbocycles. The second-order valence-electron chi connectivity index (χ2n) is 7.84. The SMILES string of the molecule is COc1ccc([C@H]2C(=O)N(c3ccccc3)[C@@H]2[C@@H](O)c2ccc3ccccc3c2)cc1. The van der Waals surface area contributed by atoms with Crippen molar-refractivity contribution in [1.29, 1.82) is 0 Å². The molecule has 4 aromatic carbocycles. The van der Waals surface area contributed by atoms with E-state index in [2.05, 4.69) is 6.07 Å². The lowest BCUT2D eigenvalue weighted by Gasteiger charge is -2.49. The van der Waals surface area contributed by atoms with E-state index in [1.54, 1.807) is 12.0 Å². The summed E-state index contributed by atoms with van der Waals surface area (Å²) < 4.78 is 5.26. The number of aliphatic hydroxyl groups excluding tert-OH is 1. The Labute approximate surface area is 181 Å². The highest BCUT2D eigenvalue weighted by molar-refractivity contribution is 6.06. The number of nitrogens with zero attached hydrogens (tertiary/aromatic N) is 1. The summed E-state index contributed by atoms with van der Waals surface area (Å²) >= 11 is 0. The number of methoxy groups -OCH3 is 1. The number of ether oxygens (including phenoxy) is 1. The average molecular weight is 409 g/mol. The van der Waals surface area contributed by atoms with Gasteiger partial charge in [0.1, 0.15) is 11.9 Å². The lowest BCUT2D eigenvalue weighted by atomic mass is 9.76. The topological polar surface area (TPSA) is 49.8 Å². The number of hydrogen-bond acceptors (Lipinski definition) is 3. The van der Waals surface area contributed by atoms with Gasteiger partial charge in [0.25, 0.3) is 0 Å². The molecule has 4 nitrogen and oxygen atoms in total. The maximum absolute atomic E-state index is 13.3. The summed E-state index contributed by atoms with van der Waals surface area (Å²) in [6.45, 7) is 0. The van der Waals surface area contributed by atoms with E-state index in [0.717, 1.165) is 33.3 Å². The van der Waals surface area contributed by atoms with Crippen LogP contribution in [0.3, 0.4) is 0 Å². The van der Waals surface area contributed by atoms with Crippen molar-refractivity contribution >= 4 is 22.4 Å². The molecule has 1 aliphatic heterocycles. The first-order valence-corrected chi connectivity index (χ1v) is 10.4. The first-order valence-electron chi connectivity index (χ1n) is 10.4. The smallest absolute Gasteiger partial charge is 0.237 e. The van der Waals surface area contributed by atoms with Crippen LogP contribution in [0.1, 0.15) is 23.1 Å². The molecule has 1 fully saturated rings. The van der Waals surface area contributed by atoms with Crippen molar-refractivity contribution in [2.24, 2.45) is 0 Å². The van der Waals surface area contributed by atoms with Crippen LogP contribution in [0.4, 0.5) is 5.69 Å². The highest BCUT2D eigenvalue weighted by Gasteiger charge is 2.52. The van der Waals surface area contributed by atoms with Crippen LogP contribution in [-0.4, -0.2) is 24.2 Å². The molecule has 0 bridgehead atoms. The number of hydrogen-bond donors (Lipinski definition) is 1. The van der Waals surface area contributed by atoms with E-state index in [9.17, 15) is 9.90 Å². The van der Waals surface area contributed by atoms with Gasteiger partial charge in [-0.1, -0.05) is 66.7 Å². The number of rotatable bonds is 5. The van der Waals surface area contributed by atoms with Crippen molar-refractivity contribution in [2.75, 3.05) is 12.0 Å². The van der Waals surface area contributed by atoms with E-state index in [0.29, 0.717) is 0 Å². The van der Waals surface area contributed by atoms with Gasteiger partial charge in [-0.15, -0.1) is 0 Å². The minimum atomic E-state index is -0.824. The van der Waals surface area contributed by atoms with Gasteiger partial charge >= 0.3 is 0 Å². The van der Waals surface area contributed by atoms with Crippen LogP contribution in [-0.2, 0) is 4.79 Å². The van der Waals surface area contributed by atoms with Crippen LogP contribution in [0, 0.1) is 0 Å². The molecule has 1 aliphatic rings. The molecule has 0 aromatic heterocycles. The van der Waals surface area contributed by atoms with E-state index in [-0.39, 0.29) is 5.91 Å². The predicted octanol–water partition coefficient (Wildman–Crippen LogP) is 5.08. The normalized spacial score (nSPS) is 19.2. The number of amides is 1. The Morgan fingerprint density at radius 2 is 1.52 bits per heavy atom. The molecule has 0 aliphatic carbocycles. The van der Waals surface area contributed by atoms with Crippen molar-refractivity contribution in [1.82, 2.24) is 0 Å². The summed E-state index contributed by atoms with van der Waals surface area (Å²) in [5, 5.41) is 13.6. The summed E-state index contributed by atoms with van der Waals surface area (Å²) in [6.07, 6.45) is -0.824. The minimum Gasteiger partial charge on any atom is -0.497 e. The quantitative estimate of drug-likeness (QED) is 0.468. The number of anilines is 1. The third-order valence-corrected chi connectivity index (χ3v) is 6.09. The Kier molecular flexibility index (Phi) is 4.92. The molecule has 31 heavy (non-hydrogen) atoms. The third-order valence-electron chi connectivity index (χ3n) is 6.09. The van der Waals surface area contributed by atoms with E-state index >= 15 is 0 Å². The molecule has 4 aromatic rings. The summed E-state index contributed by atoms with van der Waals surface area (Å²) in [4.78, 5) is 15.0. The van der Waals surface area contributed by atoms with Gasteiger partial charge in [0.15, 0.2) is 0 Å². The largest absolute Gasteiger partial charge is 0.497 e. The fraction of sp³-hybridized carbons (Fsp3) is 0.148. The van der Waals surface area contributed by atoms with Gasteiger partial charge in [-0.25, -0.2) is 0 Å². The Balaban J connectivity index is 1.55. The van der Waals surface area contributed by atoms with E-state index < -0.39 is 18.1 Å². The van der Waals surface area contributed by atoms with Crippen LogP contribution in [0.2, 0.25) is 0 Å². The summed E-state index contributed by atoms with van der Waals surface area (Å²) in [5.74, 6) is 0.302. The van der Waals surface area contributed by atoms with E-state index in [1.165, 1.54) is 0 Å². The number of β-lactam (4-membered cyclic amide) rings is 1. The Morgan fingerprint density at radius 3 is 2.23 bits per heavy atom. The summed E-state index contributed by atoms with van der Waals surface area (Å²) in [5.41, 5.74) is 2.47. The number of carbonyl (C=O) groups is 1. The van der Waals surface area contributed by atoms with Crippen LogP contribution in [0.5, 0.6) is 5.75 Å². The number of fused-ring (bicyclic) bond motifs is 1. The second-order valence-corrected chi connectivity index (χ2v) is 7.84. The highest BCUT2D eigenvalue weighted by atomic mass is 16.5. The maximum atomic E-state index is 13.3. The summed E-state index contributed by atoms with van der Waals surface area (Å²) in [7, 11) is 1.62. The molecule has 5 rings (SSSR count). The molecule has 0 unspecified atom stereocenters. The Bertz CT molecular complexity index is 1220. The first kappa shape index (κ1) is 19.3. The van der Waals surface area contributed by atoms with Crippen molar-refractivity contribution in [3.63, 3.8) is 0 Å². The second kappa shape index (κ2) is 7.89. The minimum absolute atomic E-state index is 0.0128. The molecule has 1 heterocycles. The molecule has 3 atom stereocenters. The zero-order valence-electron chi connectivity index (χ0n) is 17.2. The molecule has 154 valence electrons. The molecule has 1 saturated heterocycles. The van der Waals surface area contributed by atoms with Crippen molar-refractivity contribution in [3.8, 4) is 5.75 Å². The Morgan fingerprint density at radius 1 is 0.839 bits per heavy atom. The molecule has 0 spiro atoms. The first-order chi connectivity index (χ1) is 15.2. The molecule has 1 N–H and O–H groups in total. The zero-order valence-corrected chi connectivity index (χ0v) is 17.2. The lowest BCUT2D eigenvalue weighted by Crippen LogP contribution is -2.62. The number of para-hydroxylation sites is 1.